The SMILES string of the molecule is C=CN1C2CCC(C2)C1c1nc2ccc(-c3ccc4cc(-c5ccc(-c6cnc(C7CCCN7C)[nH]6)cc5)ccc4c3)cc2[nH]1. The molecule has 9 rings (SSSR count). The molecule has 3 fully saturated rings. The van der Waals surface area contributed by atoms with Gasteiger partial charge in [-0.05, 0) is 121 Å². The fourth-order valence-corrected chi connectivity index (χ4v) is 8.35. The third-order valence-electron chi connectivity index (χ3n) is 10.8. The van der Waals surface area contributed by atoms with Crippen LogP contribution in [0, 0.1) is 5.92 Å². The standard InChI is InChI=1S/C39H38N6/c1-3-45-32-16-14-31(21-32)37(45)39-41-33-17-15-30(22-34(33)42-39)29-13-12-27-19-26(10-11-28(27)20-29)24-6-8-25(9-7-24)35-23-40-38(43-35)36-5-4-18-44(36)2/h3,6-13,15,17,19-20,22-23,31-32,36-37H,1,4-5,14,16,18,21H2,2H3,(H,40,43)(H,41,42). The molecule has 3 aliphatic rings. The first-order chi connectivity index (χ1) is 22.1. The second kappa shape index (κ2) is 10.5. The maximum Gasteiger partial charge on any atom is 0.130 e. The topological polar surface area (TPSA) is 63.8 Å². The number of piperidine rings is 1. The lowest BCUT2D eigenvalue weighted by molar-refractivity contribution is 0.199. The van der Waals surface area contributed by atoms with Gasteiger partial charge < -0.3 is 14.9 Å². The van der Waals surface area contributed by atoms with Crippen LogP contribution in [0.1, 0.15) is 55.8 Å². The van der Waals surface area contributed by atoms with Gasteiger partial charge in [-0.2, -0.15) is 0 Å². The zero-order valence-electron chi connectivity index (χ0n) is 25.7. The minimum Gasteiger partial charge on any atom is -0.365 e. The van der Waals surface area contributed by atoms with E-state index in [0.717, 1.165) is 34.9 Å². The molecule has 1 aliphatic carbocycles. The average molecular weight is 591 g/mol. The summed E-state index contributed by atoms with van der Waals surface area (Å²) in [7, 11) is 2.18. The van der Waals surface area contributed by atoms with E-state index in [-0.39, 0.29) is 0 Å². The number of benzene rings is 4. The summed E-state index contributed by atoms with van der Waals surface area (Å²) in [5.41, 5.74) is 9.24. The third-order valence-corrected chi connectivity index (χ3v) is 10.8. The van der Waals surface area contributed by atoms with Gasteiger partial charge in [0.15, 0.2) is 0 Å². The molecule has 6 aromatic rings. The Kier molecular flexibility index (Phi) is 6.20. The molecule has 45 heavy (non-hydrogen) atoms. The van der Waals surface area contributed by atoms with Crippen LogP contribution in [-0.4, -0.2) is 49.4 Å². The number of hydrogen-bond acceptors (Lipinski definition) is 4. The van der Waals surface area contributed by atoms with E-state index in [1.165, 1.54) is 70.7 Å². The van der Waals surface area contributed by atoms with Gasteiger partial charge in [0.2, 0.25) is 0 Å². The normalized spacial score (nSPS) is 23.1. The Hall–Kier alpha value is -4.68. The average Bonchev–Trinajstić information content (AvgIpc) is 3.92. The number of rotatable bonds is 6. The number of H-pyrrole nitrogens is 2. The van der Waals surface area contributed by atoms with Crippen molar-refractivity contribution in [1.29, 1.82) is 0 Å². The van der Waals surface area contributed by atoms with Crippen LogP contribution in [0.4, 0.5) is 0 Å². The van der Waals surface area contributed by atoms with Crippen LogP contribution in [0.5, 0.6) is 0 Å². The maximum atomic E-state index is 5.03. The number of nitrogens with zero attached hydrogens (tertiary/aromatic N) is 4. The van der Waals surface area contributed by atoms with E-state index in [0.29, 0.717) is 24.0 Å². The molecule has 4 unspecified atom stereocenters. The number of fused-ring (bicyclic) bond motifs is 4. The van der Waals surface area contributed by atoms with Crippen LogP contribution < -0.4 is 0 Å². The van der Waals surface area contributed by atoms with E-state index in [2.05, 4.69) is 112 Å². The Bertz CT molecular complexity index is 2050. The summed E-state index contributed by atoms with van der Waals surface area (Å²) in [5, 5.41) is 2.48. The number of likely N-dealkylation sites (tertiary alicyclic amines) is 2. The molecule has 6 heteroatoms. The molecule has 0 radical (unpaired) electrons. The summed E-state index contributed by atoms with van der Waals surface area (Å²) in [6.07, 6.45) is 10.2. The molecule has 2 aliphatic heterocycles. The van der Waals surface area contributed by atoms with Crippen LogP contribution in [0.2, 0.25) is 0 Å². The van der Waals surface area contributed by atoms with Crippen LogP contribution in [0.15, 0.2) is 97.8 Å². The highest BCUT2D eigenvalue weighted by Crippen LogP contribution is 2.49. The lowest BCUT2D eigenvalue weighted by Crippen LogP contribution is -2.30. The number of hydrogen-bond donors (Lipinski definition) is 2. The first-order valence-corrected chi connectivity index (χ1v) is 16.4. The van der Waals surface area contributed by atoms with Crippen molar-refractivity contribution in [3.8, 4) is 33.5 Å². The van der Waals surface area contributed by atoms with Crippen molar-refractivity contribution >= 4 is 21.8 Å². The van der Waals surface area contributed by atoms with Crippen LogP contribution in [0.3, 0.4) is 0 Å². The Morgan fingerprint density at radius 3 is 2.24 bits per heavy atom. The van der Waals surface area contributed by atoms with E-state index in [1.54, 1.807) is 0 Å². The van der Waals surface area contributed by atoms with Crippen molar-refractivity contribution in [1.82, 2.24) is 29.7 Å². The summed E-state index contributed by atoms with van der Waals surface area (Å²) in [5.74, 6) is 2.83. The van der Waals surface area contributed by atoms with Gasteiger partial charge in [-0.15, -0.1) is 0 Å². The second-order valence-corrected chi connectivity index (χ2v) is 13.3. The Balaban J connectivity index is 0.954. The van der Waals surface area contributed by atoms with E-state index < -0.39 is 0 Å². The fraction of sp³-hybridized carbons (Fsp3) is 0.282. The van der Waals surface area contributed by atoms with Gasteiger partial charge in [-0.25, -0.2) is 9.97 Å². The van der Waals surface area contributed by atoms with E-state index >= 15 is 0 Å². The molecule has 0 spiro atoms. The molecule has 2 N–H and O–H groups in total. The van der Waals surface area contributed by atoms with Gasteiger partial charge in [0.1, 0.15) is 11.6 Å². The molecule has 2 bridgehead atoms. The zero-order valence-corrected chi connectivity index (χ0v) is 25.7. The molecule has 1 saturated carbocycles. The fourth-order valence-electron chi connectivity index (χ4n) is 8.35. The van der Waals surface area contributed by atoms with Gasteiger partial charge in [0, 0.05) is 6.04 Å². The predicted molar refractivity (Wildman–Crippen MR) is 183 cm³/mol. The van der Waals surface area contributed by atoms with Crippen molar-refractivity contribution in [2.45, 2.75) is 50.2 Å². The first kappa shape index (κ1) is 26.7. The van der Waals surface area contributed by atoms with Gasteiger partial charge >= 0.3 is 0 Å². The predicted octanol–water partition coefficient (Wildman–Crippen LogP) is 8.88. The third kappa shape index (κ3) is 4.50. The number of nitrogens with one attached hydrogen (secondary N) is 2. The Morgan fingerprint density at radius 1 is 0.778 bits per heavy atom. The lowest BCUT2D eigenvalue weighted by atomic mass is 9.97. The number of imidazole rings is 2. The molecular weight excluding hydrogens is 552 g/mol. The lowest BCUT2D eigenvalue weighted by Gasteiger charge is -2.32. The number of aromatic amines is 2. The highest BCUT2D eigenvalue weighted by atomic mass is 15.2. The summed E-state index contributed by atoms with van der Waals surface area (Å²) >= 11 is 0. The Morgan fingerprint density at radius 2 is 1.49 bits per heavy atom. The summed E-state index contributed by atoms with van der Waals surface area (Å²) in [6, 6.07) is 30.3. The summed E-state index contributed by atoms with van der Waals surface area (Å²) < 4.78 is 0. The van der Waals surface area contributed by atoms with Gasteiger partial charge in [-0.3, -0.25) is 4.90 Å². The molecule has 4 atom stereocenters. The van der Waals surface area contributed by atoms with Crippen LogP contribution in [0.25, 0.3) is 55.3 Å². The first-order valence-electron chi connectivity index (χ1n) is 16.4. The van der Waals surface area contributed by atoms with Gasteiger partial charge in [0.05, 0.1) is 35.0 Å². The summed E-state index contributed by atoms with van der Waals surface area (Å²) in [4.78, 5) is 21.8. The smallest absolute Gasteiger partial charge is 0.130 e. The highest BCUT2D eigenvalue weighted by molar-refractivity contribution is 5.92. The molecule has 2 saturated heterocycles. The number of aromatic nitrogens is 4. The quantitative estimate of drug-likeness (QED) is 0.203. The second-order valence-electron chi connectivity index (χ2n) is 13.3. The molecule has 224 valence electrons. The highest BCUT2D eigenvalue weighted by Gasteiger charge is 2.46. The largest absolute Gasteiger partial charge is 0.365 e. The molecule has 2 aromatic heterocycles. The molecule has 4 aromatic carbocycles. The molecule has 6 nitrogen and oxygen atoms in total. The zero-order chi connectivity index (χ0) is 30.1. The van der Waals surface area contributed by atoms with E-state index in [1.807, 2.05) is 12.4 Å². The Labute approximate surface area is 263 Å². The molecule has 0 amide bonds. The van der Waals surface area contributed by atoms with Crippen molar-refractivity contribution in [3.63, 3.8) is 0 Å². The van der Waals surface area contributed by atoms with Crippen molar-refractivity contribution in [2.75, 3.05) is 13.6 Å². The van der Waals surface area contributed by atoms with Gasteiger partial charge in [0.25, 0.3) is 0 Å². The van der Waals surface area contributed by atoms with Crippen molar-refractivity contribution in [3.05, 3.63) is 109 Å². The monoisotopic (exact) mass is 590 g/mol. The van der Waals surface area contributed by atoms with Crippen LogP contribution in [-0.2, 0) is 0 Å². The van der Waals surface area contributed by atoms with Crippen molar-refractivity contribution < 1.29 is 0 Å². The maximum absolute atomic E-state index is 5.03. The summed E-state index contributed by atoms with van der Waals surface area (Å²) in [6.45, 7) is 5.24. The minimum absolute atomic E-state index is 0.324. The molecule has 4 heterocycles. The minimum atomic E-state index is 0.324. The molecular formula is C39H38N6. The van der Waals surface area contributed by atoms with Gasteiger partial charge in [-0.1, -0.05) is 61.2 Å². The van der Waals surface area contributed by atoms with E-state index in [4.69, 9.17) is 9.97 Å². The van der Waals surface area contributed by atoms with Crippen molar-refractivity contribution in [2.24, 2.45) is 5.92 Å². The van der Waals surface area contributed by atoms with Crippen LogP contribution >= 0.6 is 0 Å². The van der Waals surface area contributed by atoms with E-state index in [9.17, 15) is 0 Å².